The van der Waals surface area contributed by atoms with Gasteiger partial charge in [-0.3, -0.25) is 4.79 Å². The van der Waals surface area contributed by atoms with Gasteiger partial charge in [0.15, 0.2) is 5.82 Å². The summed E-state index contributed by atoms with van der Waals surface area (Å²) >= 11 is 0. The summed E-state index contributed by atoms with van der Waals surface area (Å²) < 4.78 is 5.57. The number of carbonyl (C=O) groups is 2. The van der Waals surface area contributed by atoms with Gasteiger partial charge in [-0.05, 0) is 66.2 Å². The Hall–Kier alpha value is -5.42. The van der Waals surface area contributed by atoms with Crippen LogP contribution >= 0.6 is 0 Å². The van der Waals surface area contributed by atoms with Gasteiger partial charge in [0, 0.05) is 66.0 Å². The smallest absolute Gasteiger partial charge is 0.323 e. The second-order valence-electron chi connectivity index (χ2n) is 9.74. The number of nitrogens with zero attached hydrogens (tertiary/aromatic N) is 5. The predicted octanol–water partition coefficient (Wildman–Crippen LogP) is 5.19. The van der Waals surface area contributed by atoms with Crippen molar-refractivity contribution in [2.24, 2.45) is 0 Å². The Kier molecular flexibility index (Phi) is 7.64. The summed E-state index contributed by atoms with van der Waals surface area (Å²) in [5, 5.41) is 9.28. The highest BCUT2D eigenvalue weighted by Crippen LogP contribution is 2.31. The molecule has 1 fully saturated rings. The largest absolute Gasteiger partial charge is 0.378 e. The van der Waals surface area contributed by atoms with Crippen LogP contribution in [0.4, 0.5) is 27.7 Å². The van der Waals surface area contributed by atoms with Crippen LogP contribution in [0.1, 0.15) is 6.92 Å². The minimum Gasteiger partial charge on any atom is -0.378 e. The topological polar surface area (TPSA) is 134 Å². The molecule has 11 nitrogen and oxygen atoms in total. The monoisotopic (exact) mass is 560 g/mol. The number of rotatable bonds is 6. The SMILES string of the molecule is CC(=O)Nc1ccc(NC(=O)Nc2ccc(-c3nc(N4CCOCC4)c4ccc(-c5cncnc5)cc4n3)cc2)cc1. The fourth-order valence-corrected chi connectivity index (χ4v) is 4.72. The number of hydrogen-bond donors (Lipinski definition) is 3. The number of amides is 3. The second-order valence-corrected chi connectivity index (χ2v) is 9.74. The standard InChI is InChI=1S/C31H28N8O3/c1-20(40)34-24-7-9-26(10-8-24)36-31(41)35-25-5-2-21(3-6-25)29-37-28-16-22(23-17-32-19-33-18-23)4-11-27(28)30(38-29)39-12-14-42-15-13-39/h2-11,16-19H,12-15H2,1H3,(H,34,40)(H2,35,36,41). The van der Waals surface area contributed by atoms with Crippen LogP contribution in [0.25, 0.3) is 33.4 Å². The summed E-state index contributed by atoms with van der Waals surface area (Å²) in [6.45, 7) is 4.21. The van der Waals surface area contributed by atoms with Gasteiger partial charge in [0.05, 0.1) is 18.7 Å². The van der Waals surface area contributed by atoms with Crippen molar-refractivity contribution in [3.8, 4) is 22.5 Å². The van der Waals surface area contributed by atoms with Gasteiger partial charge in [-0.1, -0.05) is 6.07 Å². The maximum Gasteiger partial charge on any atom is 0.323 e. The third kappa shape index (κ3) is 6.16. The fourth-order valence-electron chi connectivity index (χ4n) is 4.72. The van der Waals surface area contributed by atoms with Crippen molar-refractivity contribution in [3.63, 3.8) is 0 Å². The highest BCUT2D eigenvalue weighted by Gasteiger charge is 2.19. The second kappa shape index (κ2) is 12.0. The Morgan fingerprint density at radius 3 is 1.98 bits per heavy atom. The van der Waals surface area contributed by atoms with E-state index in [1.165, 1.54) is 13.3 Å². The lowest BCUT2D eigenvalue weighted by molar-refractivity contribution is -0.114. The zero-order chi connectivity index (χ0) is 28.9. The third-order valence-corrected chi connectivity index (χ3v) is 6.75. The molecule has 11 heteroatoms. The Morgan fingerprint density at radius 2 is 1.33 bits per heavy atom. The van der Waals surface area contributed by atoms with Crippen LogP contribution in [0.2, 0.25) is 0 Å². The highest BCUT2D eigenvalue weighted by atomic mass is 16.5. The molecule has 0 radical (unpaired) electrons. The third-order valence-electron chi connectivity index (χ3n) is 6.75. The molecule has 0 saturated carbocycles. The summed E-state index contributed by atoms with van der Waals surface area (Å²) in [6, 6.07) is 20.0. The summed E-state index contributed by atoms with van der Waals surface area (Å²) in [5.41, 5.74) is 5.38. The summed E-state index contributed by atoms with van der Waals surface area (Å²) in [5.74, 6) is 1.29. The number of ether oxygens (including phenoxy) is 1. The van der Waals surface area contributed by atoms with Crippen molar-refractivity contribution < 1.29 is 14.3 Å². The molecule has 0 atom stereocenters. The highest BCUT2D eigenvalue weighted by molar-refractivity contribution is 6.00. The van der Waals surface area contributed by atoms with E-state index in [1.807, 2.05) is 42.5 Å². The van der Waals surface area contributed by atoms with E-state index in [1.54, 1.807) is 36.7 Å². The van der Waals surface area contributed by atoms with Crippen molar-refractivity contribution in [2.75, 3.05) is 47.2 Å². The molecule has 1 aliphatic heterocycles. The van der Waals surface area contributed by atoms with Gasteiger partial charge in [0.25, 0.3) is 0 Å². The van der Waals surface area contributed by atoms with Crippen LogP contribution in [0, 0.1) is 0 Å². The molecule has 210 valence electrons. The molecule has 6 rings (SSSR count). The molecule has 5 aromatic rings. The number of benzene rings is 3. The first-order chi connectivity index (χ1) is 20.5. The Balaban J connectivity index is 1.24. The summed E-state index contributed by atoms with van der Waals surface area (Å²) in [4.78, 5) is 44.2. The molecule has 2 aromatic heterocycles. The molecular formula is C31H28N8O3. The van der Waals surface area contributed by atoms with E-state index >= 15 is 0 Å². The number of nitrogens with one attached hydrogen (secondary N) is 3. The van der Waals surface area contributed by atoms with Gasteiger partial charge < -0.3 is 25.6 Å². The first kappa shape index (κ1) is 26.8. The zero-order valence-corrected chi connectivity index (χ0v) is 22.9. The predicted molar refractivity (Wildman–Crippen MR) is 162 cm³/mol. The van der Waals surface area contributed by atoms with Crippen LogP contribution in [0.3, 0.4) is 0 Å². The van der Waals surface area contributed by atoms with E-state index in [-0.39, 0.29) is 11.9 Å². The molecule has 3 heterocycles. The lowest BCUT2D eigenvalue weighted by atomic mass is 10.1. The van der Waals surface area contributed by atoms with E-state index in [2.05, 4.69) is 30.8 Å². The van der Waals surface area contributed by atoms with Crippen molar-refractivity contribution in [1.29, 1.82) is 0 Å². The van der Waals surface area contributed by atoms with E-state index in [9.17, 15) is 9.59 Å². The van der Waals surface area contributed by atoms with Crippen LogP contribution in [0.5, 0.6) is 0 Å². The lowest BCUT2D eigenvalue weighted by Gasteiger charge is -2.29. The fraction of sp³-hybridized carbons (Fsp3) is 0.161. The van der Waals surface area contributed by atoms with E-state index in [0.29, 0.717) is 36.1 Å². The van der Waals surface area contributed by atoms with Gasteiger partial charge in [0.1, 0.15) is 12.1 Å². The number of aromatic nitrogens is 4. The van der Waals surface area contributed by atoms with Gasteiger partial charge in [-0.25, -0.2) is 24.7 Å². The molecule has 3 aromatic carbocycles. The van der Waals surface area contributed by atoms with Gasteiger partial charge in [-0.15, -0.1) is 0 Å². The van der Waals surface area contributed by atoms with Crippen molar-refractivity contribution in [3.05, 3.63) is 85.5 Å². The number of fused-ring (bicyclic) bond motifs is 1. The summed E-state index contributed by atoms with van der Waals surface area (Å²) in [7, 11) is 0. The average molecular weight is 561 g/mol. The summed E-state index contributed by atoms with van der Waals surface area (Å²) in [6.07, 6.45) is 5.07. The minimum atomic E-state index is -0.385. The average Bonchev–Trinajstić information content (AvgIpc) is 3.02. The van der Waals surface area contributed by atoms with E-state index in [0.717, 1.165) is 46.5 Å². The molecule has 0 unspecified atom stereocenters. The van der Waals surface area contributed by atoms with Gasteiger partial charge in [0.2, 0.25) is 5.91 Å². The maximum atomic E-state index is 12.6. The molecule has 0 bridgehead atoms. The van der Waals surface area contributed by atoms with E-state index < -0.39 is 0 Å². The molecule has 1 aliphatic rings. The number of anilines is 4. The molecule has 1 saturated heterocycles. The van der Waals surface area contributed by atoms with Crippen LogP contribution in [-0.2, 0) is 9.53 Å². The van der Waals surface area contributed by atoms with Crippen molar-refractivity contribution >= 4 is 45.7 Å². The lowest BCUT2D eigenvalue weighted by Crippen LogP contribution is -2.37. The van der Waals surface area contributed by atoms with Gasteiger partial charge in [-0.2, -0.15) is 0 Å². The molecule has 0 aliphatic carbocycles. The molecule has 42 heavy (non-hydrogen) atoms. The number of morpholine rings is 1. The number of carbonyl (C=O) groups excluding carboxylic acids is 2. The minimum absolute atomic E-state index is 0.157. The number of hydrogen-bond acceptors (Lipinski definition) is 8. The molecule has 0 spiro atoms. The Labute approximate surface area is 242 Å². The van der Waals surface area contributed by atoms with Crippen LogP contribution in [0.15, 0.2) is 85.5 Å². The van der Waals surface area contributed by atoms with E-state index in [4.69, 9.17) is 14.7 Å². The Bertz CT molecular complexity index is 1720. The van der Waals surface area contributed by atoms with Crippen molar-refractivity contribution in [1.82, 2.24) is 19.9 Å². The normalized spacial score (nSPS) is 13.0. The Morgan fingerprint density at radius 1 is 0.738 bits per heavy atom. The molecule has 3 amide bonds. The van der Waals surface area contributed by atoms with Gasteiger partial charge >= 0.3 is 6.03 Å². The quantitative estimate of drug-likeness (QED) is 0.258. The maximum absolute atomic E-state index is 12.6. The number of urea groups is 1. The first-order valence-electron chi connectivity index (χ1n) is 13.5. The van der Waals surface area contributed by atoms with Crippen LogP contribution in [-0.4, -0.2) is 58.2 Å². The molecule has 3 N–H and O–H groups in total. The first-order valence-corrected chi connectivity index (χ1v) is 13.5. The molecular weight excluding hydrogens is 532 g/mol. The van der Waals surface area contributed by atoms with Crippen LogP contribution < -0.4 is 20.9 Å². The van der Waals surface area contributed by atoms with Crippen molar-refractivity contribution in [2.45, 2.75) is 6.92 Å². The zero-order valence-electron chi connectivity index (χ0n) is 22.9.